The molecule has 1 aromatic carbocycles. The van der Waals surface area contributed by atoms with Crippen LogP contribution in [0.4, 0.5) is 0 Å². The predicted octanol–water partition coefficient (Wildman–Crippen LogP) is -0.181. The van der Waals surface area contributed by atoms with E-state index in [-0.39, 0.29) is 56.4 Å². The SMILES string of the molecule is CC1(C(=O)N2CCN(S(=O)(=O)C3CCS(=O)(=O)C3)CC2)Cc2ccccc2C(=O)O1. The van der Waals surface area contributed by atoms with Gasteiger partial charge < -0.3 is 9.64 Å². The van der Waals surface area contributed by atoms with Crippen LogP contribution in [0.2, 0.25) is 0 Å². The van der Waals surface area contributed by atoms with Crippen molar-refractivity contribution < 1.29 is 31.2 Å². The van der Waals surface area contributed by atoms with Crippen molar-refractivity contribution in [3.8, 4) is 0 Å². The minimum atomic E-state index is -3.74. The van der Waals surface area contributed by atoms with Gasteiger partial charge in [0.15, 0.2) is 15.4 Å². The van der Waals surface area contributed by atoms with E-state index in [1.807, 2.05) is 0 Å². The van der Waals surface area contributed by atoms with E-state index in [1.165, 1.54) is 9.21 Å². The van der Waals surface area contributed by atoms with Crippen molar-refractivity contribution >= 4 is 31.7 Å². The normalized spacial score (nSPS) is 29.3. The zero-order valence-electron chi connectivity index (χ0n) is 16.6. The van der Waals surface area contributed by atoms with Crippen molar-refractivity contribution in [3.05, 3.63) is 35.4 Å². The Kier molecular flexibility index (Phi) is 5.18. The van der Waals surface area contributed by atoms with Crippen LogP contribution in [0.25, 0.3) is 0 Å². The van der Waals surface area contributed by atoms with E-state index in [4.69, 9.17) is 4.74 Å². The number of fused-ring (bicyclic) bond motifs is 1. The van der Waals surface area contributed by atoms with Gasteiger partial charge in [-0.1, -0.05) is 18.2 Å². The van der Waals surface area contributed by atoms with Gasteiger partial charge in [-0.05, 0) is 25.0 Å². The van der Waals surface area contributed by atoms with Gasteiger partial charge in [-0.3, -0.25) is 4.79 Å². The Balaban J connectivity index is 1.43. The molecule has 0 radical (unpaired) electrons. The first kappa shape index (κ1) is 21.3. The van der Waals surface area contributed by atoms with Gasteiger partial charge >= 0.3 is 5.97 Å². The number of sulfone groups is 1. The van der Waals surface area contributed by atoms with Crippen LogP contribution in [-0.4, -0.2) is 86.5 Å². The fourth-order valence-electron chi connectivity index (χ4n) is 4.34. The first-order chi connectivity index (χ1) is 14.0. The largest absolute Gasteiger partial charge is 0.445 e. The number of nitrogens with zero attached hydrogens (tertiary/aromatic N) is 2. The Hall–Kier alpha value is -1.98. The molecule has 30 heavy (non-hydrogen) atoms. The van der Waals surface area contributed by atoms with Crippen molar-refractivity contribution in [3.63, 3.8) is 0 Å². The van der Waals surface area contributed by atoms with Crippen molar-refractivity contribution in [2.24, 2.45) is 0 Å². The highest BCUT2D eigenvalue weighted by molar-refractivity contribution is 7.95. The summed E-state index contributed by atoms with van der Waals surface area (Å²) >= 11 is 0. The average Bonchev–Trinajstić information content (AvgIpc) is 3.08. The van der Waals surface area contributed by atoms with Gasteiger partial charge in [-0.2, -0.15) is 4.31 Å². The van der Waals surface area contributed by atoms with E-state index in [2.05, 4.69) is 0 Å². The molecule has 0 N–H and O–H groups in total. The molecule has 164 valence electrons. The van der Waals surface area contributed by atoms with Gasteiger partial charge in [0.2, 0.25) is 10.0 Å². The number of rotatable bonds is 3. The van der Waals surface area contributed by atoms with Gasteiger partial charge in [-0.15, -0.1) is 0 Å². The van der Waals surface area contributed by atoms with E-state index in [0.717, 1.165) is 5.56 Å². The maximum atomic E-state index is 13.1. The quantitative estimate of drug-likeness (QED) is 0.579. The fraction of sp³-hybridized carbons (Fsp3) is 0.579. The zero-order chi connectivity index (χ0) is 21.7. The molecule has 0 saturated carbocycles. The topological polar surface area (TPSA) is 118 Å². The molecular formula is C19H24N2O7S2. The van der Waals surface area contributed by atoms with E-state index >= 15 is 0 Å². The molecule has 9 nitrogen and oxygen atoms in total. The minimum Gasteiger partial charge on any atom is -0.445 e. The number of esters is 1. The number of piperazine rings is 1. The molecule has 4 rings (SSSR count). The maximum Gasteiger partial charge on any atom is 0.339 e. The number of carbonyl (C=O) groups excluding carboxylic acids is 2. The number of amides is 1. The van der Waals surface area contributed by atoms with Crippen molar-refractivity contribution in [2.45, 2.75) is 30.6 Å². The molecule has 2 unspecified atom stereocenters. The Labute approximate surface area is 176 Å². The van der Waals surface area contributed by atoms with Crippen LogP contribution in [0, 0.1) is 0 Å². The minimum absolute atomic E-state index is 0.0885. The Morgan fingerprint density at radius 1 is 1.17 bits per heavy atom. The average molecular weight is 457 g/mol. The van der Waals surface area contributed by atoms with Crippen molar-refractivity contribution in [2.75, 3.05) is 37.7 Å². The van der Waals surface area contributed by atoms with Crippen LogP contribution in [0.5, 0.6) is 0 Å². The van der Waals surface area contributed by atoms with Crippen molar-refractivity contribution in [1.82, 2.24) is 9.21 Å². The third-order valence-corrected chi connectivity index (χ3v) is 10.3. The molecule has 3 heterocycles. The lowest BCUT2D eigenvalue weighted by atomic mass is 9.89. The second kappa shape index (κ2) is 7.31. The fourth-order valence-corrected chi connectivity index (χ4v) is 8.85. The summed E-state index contributed by atoms with van der Waals surface area (Å²) in [6.45, 7) is 2.07. The summed E-state index contributed by atoms with van der Waals surface area (Å²) in [7, 11) is -7.05. The summed E-state index contributed by atoms with van der Waals surface area (Å²) in [6.07, 6.45) is 0.365. The molecule has 11 heteroatoms. The number of benzene rings is 1. The molecule has 0 bridgehead atoms. The molecule has 0 aliphatic carbocycles. The monoisotopic (exact) mass is 456 g/mol. The molecule has 2 fully saturated rings. The second-order valence-electron chi connectivity index (χ2n) is 8.22. The third kappa shape index (κ3) is 3.74. The van der Waals surface area contributed by atoms with Crippen LogP contribution in [0.1, 0.15) is 29.3 Å². The molecule has 3 aliphatic heterocycles. The van der Waals surface area contributed by atoms with Crippen LogP contribution >= 0.6 is 0 Å². The summed E-state index contributed by atoms with van der Waals surface area (Å²) in [5, 5.41) is -0.918. The number of hydrogen-bond donors (Lipinski definition) is 0. The highest BCUT2D eigenvalue weighted by atomic mass is 32.2. The lowest BCUT2D eigenvalue weighted by Crippen LogP contribution is -2.59. The van der Waals surface area contributed by atoms with Gasteiger partial charge in [0.05, 0.1) is 22.3 Å². The number of cyclic esters (lactones) is 1. The van der Waals surface area contributed by atoms with Gasteiger partial charge in [0.25, 0.3) is 5.91 Å². The maximum absolute atomic E-state index is 13.1. The summed E-state index contributed by atoms with van der Waals surface area (Å²) in [4.78, 5) is 27.0. The number of hydrogen-bond acceptors (Lipinski definition) is 7. The zero-order valence-corrected chi connectivity index (χ0v) is 18.2. The number of sulfonamides is 1. The standard InChI is InChI=1S/C19H24N2O7S2/c1-19(12-14-4-2-3-5-16(14)17(22)28-19)18(23)20-7-9-21(10-8-20)30(26,27)15-6-11-29(24,25)13-15/h2-5,15H,6-13H2,1H3. The lowest BCUT2D eigenvalue weighted by Gasteiger charge is -2.40. The highest BCUT2D eigenvalue weighted by Gasteiger charge is 2.47. The van der Waals surface area contributed by atoms with Crippen LogP contribution in [0.3, 0.4) is 0 Å². The number of carbonyl (C=O) groups is 2. The van der Waals surface area contributed by atoms with Crippen LogP contribution in [-0.2, 0) is 35.8 Å². The van der Waals surface area contributed by atoms with Gasteiger partial charge in [-0.25, -0.2) is 21.6 Å². The molecule has 0 spiro atoms. The molecule has 1 aromatic rings. The number of ether oxygens (including phenoxy) is 1. The lowest BCUT2D eigenvalue weighted by molar-refractivity contribution is -0.152. The van der Waals surface area contributed by atoms with E-state index in [1.54, 1.807) is 31.2 Å². The van der Waals surface area contributed by atoms with E-state index < -0.39 is 36.7 Å². The van der Waals surface area contributed by atoms with Crippen molar-refractivity contribution in [1.29, 1.82) is 0 Å². The van der Waals surface area contributed by atoms with Gasteiger partial charge in [0, 0.05) is 32.6 Å². The Morgan fingerprint density at radius 3 is 2.47 bits per heavy atom. The van der Waals surface area contributed by atoms with E-state index in [9.17, 15) is 26.4 Å². The summed E-state index contributed by atoms with van der Waals surface area (Å²) in [5.41, 5.74) is -0.148. The summed E-state index contributed by atoms with van der Waals surface area (Å²) < 4.78 is 55.6. The molecule has 3 aliphatic rings. The molecule has 1 amide bonds. The summed E-state index contributed by atoms with van der Waals surface area (Å²) in [6, 6.07) is 6.99. The Bertz CT molecular complexity index is 1090. The van der Waals surface area contributed by atoms with E-state index in [0.29, 0.717) is 5.56 Å². The third-order valence-electron chi connectivity index (χ3n) is 6.03. The molecule has 0 aromatic heterocycles. The predicted molar refractivity (Wildman–Crippen MR) is 108 cm³/mol. The van der Waals surface area contributed by atoms with Crippen LogP contribution in [0.15, 0.2) is 24.3 Å². The summed E-state index contributed by atoms with van der Waals surface area (Å²) in [5.74, 6) is -1.36. The van der Waals surface area contributed by atoms with Crippen LogP contribution < -0.4 is 0 Å². The molecule has 2 saturated heterocycles. The molecular weight excluding hydrogens is 432 g/mol. The highest BCUT2D eigenvalue weighted by Crippen LogP contribution is 2.30. The second-order valence-corrected chi connectivity index (χ2v) is 12.7. The van der Waals surface area contributed by atoms with Gasteiger partial charge in [0.1, 0.15) is 0 Å². The first-order valence-electron chi connectivity index (χ1n) is 9.82. The first-order valence-corrected chi connectivity index (χ1v) is 13.1. The smallest absolute Gasteiger partial charge is 0.339 e. The molecule has 2 atom stereocenters. The Morgan fingerprint density at radius 2 is 1.83 bits per heavy atom.